The van der Waals surface area contributed by atoms with Crippen LogP contribution in [0.25, 0.3) is 23.2 Å². The highest BCUT2D eigenvalue weighted by molar-refractivity contribution is 5.96. The van der Waals surface area contributed by atoms with E-state index in [1.165, 1.54) is 12.1 Å². The highest BCUT2D eigenvalue weighted by Crippen LogP contribution is 2.29. The van der Waals surface area contributed by atoms with Crippen molar-refractivity contribution in [1.82, 2.24) is 9.55 Å². The number of methoxy groups -OCH3 is 1. The van der Waals surface area contributed by atoms with Crippen LogP contribution in [0.4, 0.5) is 10.1 Å². The molecular formula is C30H32FN3O2. The number of para-hydroxylation sites is 3. The van der Waals surface area contributed by atoms with Crippen LogP contribution in [-0.4, -0.2) is 35.2 Å². The third-order valence-corrected chi connectivity index (χ3v) is 6.33. The first kappa shape index (κ1) is 25.3. The van der Waals surface area contributed by atoms with Crippen LogP contribution in [0.2, 0.25) is 0 Å². The standard InChI is InChI=1S/C30H32FN3O2/c1-5-24-10-8-9-21(2)30(24)34(22(3)20-36-4)29(35)19-33-27-12-7-6-11-26(27)32-28(33)18-15-23-13-16-25(31)17-14-23/h6-18,22H,5,19-20H2,1-4H3/b18-15+/t22-/m0/s1. The van der Waals surface area contributed by atoms with E-state index in [1.807, 2.05) is 71.9 Å². The van der Waals surface area contributed by atoms with Crippen molar-refractivity contribution < 1.29 is 13.9 Å². The maximum absolute atomic E-state index is 14.0. The zero-order valence-electron chi connectivity index (χ0n) is 21.2. The molecule has 6 heteroatoms. The molecule has 1 amide bonds. The van der Waals surface area contributed by atoms with E-state index in [0.29, 0.717) is 12.4 Å². The summed E-state index contributed by atoms with van der Waals surface area (Å²) in [6.07, 6.45) is 4.57. The van der Waals surface area contributed by atoms with Crippen LogP contribution in [0, 0.1) is 12.7 Å². The number of halogens is 1. The summed E-state index contributed by atoms with van der Waals surface area (Å²) in [6, 6.07) is 20.1. The van der Waals surface area contributed by atoms with E-state index in [-0.39, 0.29) is 24.3 Å². The molecule has 0 fully saturated rings. The van der Waals surface area contributed by atoms with E-state index >= 15 is 0 Å². The van der Waals surface area contributed by atoms with Gasteiger partial charge in [0.05, 0.1) is 29.4 Å². The van der Waals surface area contributed by atoms with Gasteiger partial charge in [-0.1, -0.05) is 55.5 Å². The first-order valence-electron chi connectivity index (χ1n) is 12.2. The number of carbonyl (C=O) groups is 1. The lowest BCUT2D eigenvalue weighted by Crippen LogP contribution is -2.44. The molecule has 0 unspecified atom stereocenters. The lowest BCUT2D eigenvalue weighted by molar-refractivity contribution is -0.119. The molecule has 0 saturated carbocycles. The number of ether oxygens (including phenoxy) is 1. The molecule has 186 valence electrons. The summed E-state index contributed by atoms with van der Waals surface area (Å²) >= 11 is 0. The number of aromatic nitrogens is 2. The lowest BCUT2D eigenvalue weighted by Gasteiger charge is -2.32. The molecule has 0 bridgehead atoms. The van der Waals surface area contributed by atoms with Crippen LogP contribution in [-0.2, 0) is 22.5 Å². The summed E-state index contributed by atoms with van der Waals surface area (Å²) in [7, 11) is 1.65. The maximum atomic E-state index is 14.0. The van der Waals surface area contributed by atoms with Crippen molar-refractivity contribution in [2.45, 2.75) is 39.8 Å². The number of amides is 1. The van der Waals surface area contributed by atoms with Gasteiger partial charge in [-0.05, 0) is 67.3 Å². The molecule has 0 aliphatic heterocycles. The predicted octanol–water partition coefficient (Wildman–Crippen LogP) is 6.28. The van der Waals surface area contributed by atoms with Gasteiger partial charge in [-0.3, -0.25) is 4.79 Å². The van der Waals surface area contributed by atoms with Gasteiger partial charge in [0.25, 0.3) is 0 Å². The minimum Gasteiger partial charge on any atom is -0.383 e. The summed E-state index contributed by atoms with van der Waals surface area (Å²) in [4.78, 5) is 20.7. The van der Waals surface area contributed by atoms with Gasteiger partial charge in [0.15, 0.2) is 0 Å². The molecule has 0 radical (unpaired) electrons. The number of fused-ring (bicyclic) bond motifs is 1. The van der Waals surface area contributed by atoms with Gasteiger partial charge in [-0.25, -0.2) is 9.37 Å². The van der Waals surface area contributed by atoms with Crippen LogP contribution in [0.1, 0.15) is 36.4 Å². The minimum absolute atomic E-state index is 0.0388. The second-order valence-electron chi connectivity index (χ2n) is 8.93. The molecular weight excluding hydrogens is 453 g/mol. The Kier molecular flexibility index (Phi) is 7.96. The van der Waals surface area contributed by atoms with Crippen molar-refractivity contribution in [3.05, 3.63) is 95.1 Å². The average molecular weight is 486 g/mol. The highest BCUT2D eigenvalue weighted by atomic mass is 19.1. The van der Waals surface area contributed by atoms with Gasteiger partial charge in [-0.15, -0.1) is 0 Å². The zero-order chi connectivity index (χ0) is 25.7. The van der Waals surface area contributed by atoms with Crippen LogP contribution in [0.5, 0.6) is 0 Å². The van der Waals surface area contributed by atoms with E-state index in [0.717, 1.165) is 39.8 Å². The van der Waals surface area contributed by atoms with Crippen molar-refractivity contribution in [3.63, 3.8) is 0 Å². The molecule has 3 aromatic carbocycles. The van der Waals surface area contributed by atoms with Crippen LogP contribution >= 0.6 is 0 Å². The van der Waals surface area contributed by atoms with Gasteiger partial charge >= 0.3 is 0 Å². The van der Waals surface area contributed by atoms with Crippen LogP contribution < -0.4 is 4.90 Å². The molecule has 5 nitrogen and oxygen atoms in total. The second kappa shape index (κ2) is 11.3. The Labute approximate surface area is 211 Å². The fourth-order valence-corrected chi connectivity index (χ4v) is 4.60. The third-order valence-electron chi connectivity index (χ3n) is 6.33. The number of nitrogens with zero attached hydrogens (tertiary/aromatic N) is 3. The summed E-state index contributed by atoms with van der Waals surface area (Å²) in [5, 5.41) is 0. The molecule has 1 aromatic heterocycles. The summed E-state index contributed by atoms with van der Waals surface area (Å²) in [5.41, 5.74) is 5.66. The van der Waals surface area contributed by atoms with Crippen molar-refractivity contribution >= 4 is 34.8 Å². The van der Waals surface area contributed by atoms with Gasteiger partial charge in [0, 0.05) is 7.11 Å². The number of aryl methyl sites for hydroxylation is 2. The molecule has 0 aliphatic carbocycles. The Bertz CT molecular complexity index is 1370. The highest BCUT2D eigenvalue weighted by Gasteiger charge is 2.26. The van der Waals surface area contributed by atoms with E-state index in [2.05, 4.69) is 13.0 Å². The third kappa shape index (κ3) is 5.39. The fourth-order valence-electron chi connectivity index (χ4n) is 4.60. The largest absolute Gasteiger partial charge is 0.383 e. The summed E-state index contributed by atoms with van der Waals surface area (Å²) < 4.78 is 20.7. The van der Waals surface area contributed by atoms with Gasteiger partial charge in [-0.2, -0.15) is 0 Å². The quantitative estimate of drug-likeness (QED) is 0.280. The Hall–Kier alpha value is -3.77. The SMILES string of the molecule is CCc1cccc(C)c1N(C(=O)Cn1c(/C=C/c2ccc(F)cc2)nc2ccccc21)[C@@H](C)COC. The van der Waals surface area contributed by atoms with Crippen molar-refractivity contribution in [2.75, 3.05) is 18.6 Å². The first-order valence-corrected chi connectivity index (χ1v) is 12.2. The van der Waals surface area contributed by atoms with E-state index < -0.39 is 0 Å². The second-order valence-corrected chi connectivity index (χ2v) is 8.93. The van der Waals surface area contributed by atoms with E-state index in [1.54, 1.807) is 19.2 Å². The molecule has 0 saturated heterocycles. The summed E-state index contributed by atoms with van der Waals surface area (Å²) in [5.74, 6) is 0.342. The van der Waals surface area contributed by atoms with Gasteiger partial charge in [0.2, 0.25) is 5.91 Å². The Balaban J connectivity index is 1.75. The topological polar surface area (TPSA) is 47.4 Å². The Morgan fingerprint density at radius 2 is 1.83 bits per heavy atom. The summed E-state index contributed by atoms with van der Waals surface area (Å²) in [6.45, 7) is 6.69. The van der Waals surface area contributed by atoms with Crippen molar-refractivity contribution in [3.8, 4) is 0 Å². The molecule has 0 N–H and O–H groups in total. The van der Waals surface area contributed by atoms with Crippen LogP contribution in [0.15, 0.2) is 66.7 Å². The predicted molar refractivity (Wildman–Crippen MR) is 144 cm³/mol. The molecule has 4 rings (SSSR count). The number of carbonyl (C=O) groups excluding carboxylic acids is 1. The number of imidazole rings is 1. The minimum atomic E-state index is -0.280. The normalized spacial score (nSPS) is 12.4. The molecule has 0 spiro atoms. The Morgan fingerprint density at radius 1 is 1.08 bits per heavy atom. The van der Waals surface area contributed by atoms with Crippen molar-refractivity contribution in [1.29, 1.82) is 0 Å². The maximum Gasteiger partial charge on any atom is 0.247 e. The first-order chi connectivity index (χ1) is 17.4. The number of rotatable bonds is 9. The lowest BCUT2D eigenvalue weighted by atomic mass is 10.0. The monoisotopic (exact) mass is 485 g/mol. The van der Waals surface area contributed by atoms with Gasteiger partial charge < -0.3 is 14.2 Å². The van der Waals surface area contributed by atoms with Crippen LogP contribution in [0.3, 0.4) is 0 Å². The number of hydrogen-bond donors (Lipinski definition) is 0. The molecule has 36 heavy (non-hydrogen) atoms. The molecule has 4 aromatic rings. The smallest absolute Gasteiger partial charge is 0.247 e. The number of anilines is 1. The number of benzene rings is 3. The van der Waals surface area contributed by atoms with E-state index in [9.17, 15) is 9.18 Å². The fraction of sp³-hybridized carbons (Fsp3) is 0.267. The van der Waals surface area contributed by atoms with Gasteiger partial charge in [0.1, 0.15) is 18.2 Å². The molecule has 1 heterocycles. The Morgan fingerprint density at radius 3 is 2.56 bits per heavy atom. The number of hydrogen-bond acceptors (Lipinski definition) is 3. The van der Waals surface area contributed by atoms with E-state index in [4.69, 9.17) is 9.72 Å². The zero-order valence-corrected chi connectivity index (χ0v) is 21.2. The molecule has 0 aliphatic rings. The van der Waals surface area contributed by atoms with Crippen molar-refractivity contribution in [2.24, 2.45) is 0 Å². The average Bonchev–Trinajstić information content (AvgIpc) is 3.22. The molecule has 1 atom stereocenters.